The summed E-state index contributed by atoms with van der Waals surface area (Å²) in [5.74, 6) is 1.21. The normalized spacial score (nSPS) is 11.5. The largest absolute Gasteiger partial charge is 0.444 e. The first-order chi connectivity index (χ1) is 10.2. The molecule has 0 unspecified atom stereocenters. The first-order valence-electron chi connectivity index (χ1n) is 7.51. The third kappa shape index (κ3) is 3.56. The van der Waals surface area contributed by atoms with Crippen molar-refractivity contribution in [3.05, 3.63) is 46.7 Å². The summed E-state index contributed by atoms with van der Waals surface area (Å²) in [6, 6.07) is 5.88. The van der Waals surface area contributed by atoms with Gasteiger partial charge in [-0.15, -0.1) is 0 Å². The van der Waals surface area contributed by atoms with E-state index in [-0.39, 0.29) is 17.7 Å². The van der Waals surface area contributed by atoms with Gasteiger partial charge < -0.3 is 9.73 Å². The average molecular weight is 300 g/mol. The Kier molecular flexibility index (Phi) is 4.40. The zero-order chi connectivity index (χ0) is 16.5. The standard InChI is InChI=1S/C18H24N2O2/c1-11-8-7-9-14(12(11)2)20-16(21)10-15-13(3)19-17(22-15)18(4,5)6/h7-9H,10H2,1-6H3,(H,20,21). The van der Waals surface area contributed by atoms with Crippen LogP contribution in [0.3, 0.4) is 0 Å². The van der Waals surface area contributed by atoms with Crippen LogP contribution < -0.4 is 5.32 Å². The highest BCUT2D eigenvalue weighted by Crippen LogP contribution is 2.24. The van der Waals surface area contributed by atoms with Gasteiger partial charge in [0, 0.05) is 11.1 Å². The molecule has 2 rings (SSSR count). The minimum atomic E-state index is -0.160. The predicted octanol–water partition coefficient (Wildman–Crippen LogP) is 4.08. The Bertz CT molecular complexity index is 694. The summed E-state index contributed by atoms with van der Waals surface area (Å²) >= 11 is 0. The quantitative estimate of drug-likeness (QED) is 0.929. The Hall–Kier alpha value is -2.10. The number of carbonyl (C=O) groups is 1. The van der Waals surface area contributed by atoms with E-state index >= 15 is 0 Å². The van der Waals surface area contributed by atoms with Crippen molar-refractivity contribution < 1.29 is 9.21 Å². The number of aryl methyl sites for hydroxylation is 2. The van der Waals surface area contributed by atoms with Crippen LogP contribution in [0.15, 0.2) is 22.6 Å². The summed E-state index contributed by atoms with van der Waals surface area (Å²) in [5.41, 5.74) is 3.70. The van der Waals surface area contributed by atoms with Crippen molar-refractivity contribution in [1.29, 1.82) is 0 Å². The van der Waals surface area contributed by atoms with Crippen molar-refractivity contribution in [3.63, 3.8) is 0 Å². The Morgan fingerprint density at radius 2 is 1.91 bits per heavy atom. The van der Waals surface area contributed by atoms with Crippen molar-refractivity contribution in [1.82, 2.24) is 4.98 Å². The molecule has 0 radical (unpaired) electrons. The maximum atomic E-state index is 12.3. The molecule has 1 amide bonds. The molecule has 0 aliphatic heterocycles. The minimum Gasteiger partial charge on any atom is -0.444 e. The predicted molar refractivity (Wildman–Crippen MR) is 88.2 cm³/mol. The molecule has 4 heteroatoms. The number of hydrogen-bond acceptors (Lipinski definition) is 3. The molecule has 22 heavy (non-hydrogen) atoms. The van der Waals surface area contributed by atoms with Gasteiger partial charge in [-0.05, 0) is 38.0 Å². The fourth-order valence-corrected chi connectivity index (χ4v) is 2.14. The van der Waals surface area contributed by atoms with Crippen molar-refractivity contribution in [2.45, 2.75) is 53.4 Å². The molecule has 0 spiro atoms. The number of nitrogens with one attached hydrogen (secondary N) is 1. The summed E-state index contributed by atoms with van der Waals surface area (Å²) in [7, 11) is 0. The van der Waals surface area contributed by atoms with Gasteiger partial charge in [0.2, 0.25) is 5.91 Å². The van der Waals surface area contributed by atoms with Crippen LogP contribution in [0, 0.1) is 20.8 Å². The number of anilines is 1. The van der Waals surface area contributed by atoms with Gasteiger partial charge in [0.05, 0.1) is 12.1 Å². The fourth-order valence-electron chi connectivity index (χ4n) is 2.14. The third-order valence-electron chi connectivity index (χ3n) is 3.73. The number of nitrogens with zero attached hydrogens (tertiary/aromatic N) is 1. The number of amides is 1. The van der Waals surface area contributed by atoms with Crippen LogP contribution in [0.1, 0.15) is 49.2 Å². The van der Waals surface area contributed by atoms with Gasteiger partial charge in [0.25, 0.3) is 0 Å². The topological polar surface area (TPSA) is 55.1 Å². The molecule has 0 saturated carbocycles. The molecule has 4 nitrogen and oxygen atoms in total. The molecule has 118 valence electrons. The lowest BCUT2D eigenvalue weighted by atomic mass is 9.97. The SMILES string of the molecule is Cc1cccc(NC(=O)Cc2oc(C(C)(C)C)nc2C)c1C. The van der Waals surface area contributed by atoms with Gasteiger partial charge in [-0.1, -0.05) is 32.9 Å². The van der Waals surface area contributed by atoms with E-state index in [0.29, 0.717) is 11.7 Å². The summed E-state index contributed by atoms with van der Waals surface area (Å²) in [6.45, 7) is 12.0. The first kappa shape index (κ1) is 16.3. The van der Waals surface area contributed by atoms with E-state index in [1.54, 1.807) is 0 Å². The van der Waals surface area contributed by atoms with Crippen LogP contribution in [-0.2, 0) is 16.6 Å². The Labute approximate surface area is 131 Å². The molecule has 0 bridgehead atoms. The van der Waals surface area contributed by atoms with Crippen molar-refractivity contribution >= 4 is 11.6 Å². The number of benzene rings is 1. The number of hydrogen-bond donors (Lipinski definition) is 1. The molecule has 1 aromatic carbocycles. The van der Waals surface area contributed by atoms with Gasteiger partial charge in [-0.25, -0.2) is 4.98 Å². The second-order valence-corrected chi connectivity index (χ2v) is 6.75. The van der Waals surface area contributed by atoms with Crippen LogP contribution in [0.4, 0.5) is 5.69 Å². The van der Waals surface area contributed by atoms with Crippen molar-refractivity contribution in [2.24, 2.45) is 0 Å². The lowest BCUT2D eigenvalue weighted by Gasteiger charge is -2.12. The summed E-state index contributed by atoms with van der Waals surface area (Å²) in [6.07, 6.45) is 0.197. The molecule has 2 aromatic rings. The number of aromatic nitrogens is 1. The van der Waals surface area contributed by atoms with Crippen molar-refractivity contribution in [2.75, 3.05) is 5.32 Å². The molecular weight excluding hydrogens is 276 g/mol. The zero-order valence-corrected chi connectivity index (χ0v) is 14.2. The van der Waals surface area contributed by atoms with Crippen LogP contribution in [-0.4, -0.2) is 10.9 Å². The smallest absolute Gasteiger partial charge is 0.232 e. The molecule has 0 atom stereocenters. The van der Waals surface area contributed by atoms with Gasteiger partial charge in [0.1, 0.15) is 5.76 Å². The molecule has 0 saturated heterocycles. The molecule has 1 N–H and O–H groups in total. The number of carbonyl (C=O) groups excluding carboxylic acids is 1. The summed E-state index contributed by atoms with van der Waals surface area (Å²) in [5, 5.41) is 2.95. The van der Waals surface area contributed by atoms with Gasteiger partial charge >= 0.3 is 0 Å². The molecule has 0 aliphatic carbocycles. The van der Waals surface area contributed by atoms with E-state index in [4.69, 9.17) is 4.42 Å². The number of rotatable bonds is 3. The Balaban J connectivity index is 2.13. The van der Waals surface area contributed by atoms with E-state index < -0.39 is 0 Å². The summed E-state index contributed by atoms with van der Waals surface area (Å²) in [4.78, 5) is 16.7. The minimum absolute atomic E-state index is 0.0894. The fraction of sp³-hybridized carbons (Fsp3) is 0.444. The molecule has 0 aliphatic rings. The van der Waals surface area contributed by atoms with E-state index in [1.165, 1.54) is 0 Å². The van der Waals surface area contributed by atoms with Crippen LogP contribution in [0.5, 0.6) is 0 Å². The van der Waals surface area contributed by atoms with Crippen LogP contribution in [0.2, 0.25) is 0 Å². The lowest BCUT2D eigenvalue weighted by molar-refractivity contribution is -0.115. The van der Waals surface area contributed by atoms with E-state index in [9.17, 15) is 4.79 Å². The lowest BCUT2D eigenvalue weighted by Crippen LogP contribution is -2.15. The van der Waals surface area contributed by atoms with Crippen LogP contribution in [0.25, 0.3) is 0 Å². The highest BCUT2D eigenvalue weighted by molar-refractivity contribution is 5.92. The first-order valence-corrected chi connectivity index (χ1v) is 7.51. The zero-order valence-electron chi connectivity index (χ0n) is 14.2. The molecular formula is C18H24N2O2. The Morgan fingerprint density at radius 3 is 2.50 bits per heavy atom. The van der Waals surface area contributed by atoms with E-state index in [0.717, 1.165) is 22.5 Å². The maximum Gasteiger partial charge on any atom is 0.232 e. The van der Waals surface area contributed by atoms with Gasteiger partial charge in [-0.2, -0.15) is 0 Å². The highest BCUT2D eigenvalue weighted by atomic mass is 16.4. The molecule has 1 heterocycles. The monoisotopic (exact) mass is 300 g/mol. The maximum absolute atomic E-state index is 12.3. The van der Waals surface area contributed by atoms with E-state index in [1.807, 2.05) is 59.7 Å². The second kappa shape index (κ2) is 5.95. The van der Waals surface area contributed by atoms with Gasteiger partial charge in [0.15, 0.2) is 5.89 Å². The highest BCUT2D eigenvalue weighted by Gasteiger charge is 2.23. The summed E-state index contributed by atoms with van der Waals surface area (Å²) < 4.78 is 5.77. The number of oxazole rings is 1. The molecule has 1 aromatic heterocycles. The second-order valence-electron chi connectivity index (χ2n) is 6.75. The van der Waals surface area contributed by atoms with Gasteiger partial charge in [-0.3, -0.25) is 4.79 Å². The third-order valence-corrected chi connectivity index (χ3v) is 3.73. The van der Waals surface area contributed by atoms with E-state index in [2.05, 4.69) is 10.3 Å². The van der Waals surface area contributed by atoms with Crippen molar-refractivity contribution in [3.8, 4) is 0 Å². The average Bonchev–Trinajstić information content (AvgIpc) is 2.76. The Morgan fingerprint density at radius 1 is 1.23 bits per heavy atom. The van der Waals surface area contributed by atoms with Crippen LogP contribution >= 0.6 is 0 Å². The molecule has 0 fully saturated rings.